The van der Waals surface area contributed by atoms with E-state index in [1.54, 1.807) is 30.3 Å². The van der Waals surface area contributed by atoms with E-state index in [-0.39, 0.29) is 12.5 Å². The zero-order valence-corrected chi connectivity index (χ0v) is 13.7. The molecule has 0 aliphatic heterocycles. The van der Waals surface area contributed by atoms with Crippen molar-refractivity contribution in [3.05, 3.63) is 59.7 Å². The highest BCUT2D eigenvalue weighted by Gasteiger charge is 2.11. The number of hydrogen-bond acceptors (Lipinski definition) is 4. The average Bonchev–Trinajstić information content (AvgIpc) is 2.59. The van der Waals surface area contributed by atoms with Gasteiger partial charge in [-0.2, -0.15) is 0 Å². The van der Waals surface area contributed by atoms with Crippen molar-refractivity contribution in [2.24, 2.45) is 0 Å². The maximum atomic E-state index is 12.0. The summed E-state index contributed by atoms with van der Waals surface area (Å²) in [5.74, 6) is 0.191. The fraction of sp³-hybridized carbons (Fsp3) is 0.222. The first-order valence-corrected chi connectivity index (χ1v) is 7.61. The van der Waals surface area contributed by atoms with E-state index >= 15 is 0 Å². The highest BCUT2D eigenvalue weighted by molar-refractivity contribution is 5.96. The summed E-state index contributed by atoms with van der Waals surface area (Å²) in [6.07, 6.45) is 0. The Kier molecular flexibility index (Phi) is 6.19. The third kappa shape index (κ3) is 4.74. The molecule has 0 spiro atoms. The van der Waals surface area contributed by atoms with Gasteiger partial charge in [0.25, 0.3) is 11.8 Å². The molecule has 0 bridgehead atoms. The van der Waals surface area contributed by atoms with E-state index in [1.165, 1.54) is 0 Å². The summed E-state index contributed by atoms with van der Waals surface area (Å²) in [4.78, 5) is 23.8. The van der Waals surface area contributed by atoms with Gasteiger partial charge in [-0.15, -0.1) is 0 Å². The smallest absolute Gasteiger partial charge is 0.276 e. The van der Waals surface area contributed by atoms with Gasteiger partial charge in [-0.1, -0.05) is 30.3 Å². The molecule has 2 N–H and O–H groups in total. The van der Waals surface area contributed by atoms with Crippen LogP contribution in [0.25, 0.3) is 0 Å². The van der Waals surface area contributed by atoms with Crippen LogP contribution in [0.2, 0.25) is 0 Å². The molecule has 6 heteroatoms. The van der Waals surface area contributed by atoms with Gasteiger partial charge in [0.05, 0.1) is 6.61 Å². The molecule has 0 saturated carbocycles. The van der Waals surface area contributed by atoms with Crippen LogP contribution in [0.4, 0.5) is 0 Å². The number of carbonyl (C=O) groups excluding carboxylic acids is 2. The minimum absolute atomic E-state index is 0.238. The largest absolute Gasteiger partial charge is 0.490 e. The van der Waals surface area contributed by atoms with Crippen molar-refractivity contribution in [3.8, 4) is 11.5 Å². The number of aryl methyl sites for hydroxylation is 1. The standard InChI is InChI=1S/C18H20N2O4/c1-3-23-15-10-6-7-11-16(15)24-12-17(21)19-20-18(22)14-9-5-4-8-13(14)2/h4-11H,3,12H2,1-2H3,(H,19,21)(H,20,22). The number of hydrazine groups is 1. The Balaban J connectivity index is 1.84. The number of rotatable bonds is 6. The van der Waals surface area contributed by atoms with Crippen LogP contribution in [0.1, 0.15) is 22.8 Å². The summed E-state index contributed by atoms with van der Waals surface area (Å²) in [5.41, 5.74) is 6.02. The van der Waals surface area contributed by atoms with Crippen LogP contribution >= 0.6 is 0 Å². The van der Waals surface area contributed by atoms with Crippen LogP contribution in [-0.2, 0) is 4.79 Å². The van der Waals surface area contributed by atoms with Crippen molar-refractivity contribution in [3.63, 3.8) is 0 Å². The normalized spacial score (nSPS) is 9.92. The van der Waals surface area contributed by atoms with Crippen LogP contribution in [-0.4, -0.2) is 25.0 Å². The summed E-state index contributed by atoms with van der Waals surface area (Å²) in [5, 5.41) is 0. The summed E-state index contributed by atoms with van der Waals surface area (Å²) >= 11 is 0. The fourth-order valence-corrected chi connectivity index (χ4v) is 2.05. The maximum Gasteiger partial charge on any atom is 0.276 e. The number of amides is 2. The lowest BCUT2D eigenvalue weighted by Gasteiger charge is -2.12. The Morgan fingerprint density at radius 2 is 1.54 bits per heavy atom. The molecule has 0 aromatic heterocycles. The Morgan fingerprint density at radius 3 is 2.21 bits per heavy atom. The van der Waals surface area contributed by atoms with Gasteiger partial charge in [-0.3, -0.25) is 20.4 Å². The third-order valence-corrected chi connectivity index (χ3v) is 3.21. The molecule has 0 saturated heterocycles. The topological polar surface area (TPSA) is 76.7 Å². The average molecular weight is 328 g/mol. The molecule has 0 aliphatic rings. The van der Waals surface area contributed by atoms with E-state index < -0.39 is 5.91 Å². The fourth-order valence-electron chi connectivity index (χ4n) is 2.05. The van der Waals surface area contributed by atoms with Crippen molar-refractivity contribution in [2.75, 3.05) is 13.2 Å². The number of ether oxygens (including phenoxy) is 2. The Bertz CT molecular complexity index is 716. The van der Waals surface area contributed by atoms with Crippen LogP contribution in [0.3, 0.4) is 0 Å². The maximum absolute atomic E-state index is 12.0. The molecule has 2 aromatic rings. The summed E-state index contributed by atoms with van der Waals surface area (Å²) in [6.45, 7) is 3.95. The van der Waals surface area contributed by atoms with Gasteiger partial charge < -0.3 is 9.47 Å². The number of nitrogens with one attached hydrogen (secondary N) is 2. The number of hydrogen-bond donors (Lipinski definition) is 2. The lowest BCUT2D eigenvalue weighted by Crippen LogP contribution is -2.44. The van der Waals surface area contributed by atoms with Gasteiger partial charge in [0.1, 0.15) is 0 Å². The van der Waals surface area contributed by atoms with E-state index in [0.29, 0.717) is 23.7 Å². The molecule has 126 valence electrons. The Hall–Kier alpha value is -3.02. The summed E-state index contributed by atoms with van der Waals surface area (Å²) < 4.78 is 10.8. The first-order chi connectivity index (χ1) is 11.6. The van der Waals surface area contributed by atoms with Crippen LogP contribution in [0, 0.1) is 6.92 Å². The molecular formula is C18H20N2O4. The molecule has 0 radical (unpaired) electrons. The second-order valence-corrected chi connectivity index (χ2v) is 4.99. The van der Waals surface area contributed by atoms with E-state index in [0.717, 1.165) is 5.56 Å². The van der Waals surface area contributed by atoms with Crippen molar-refractivity contribution >= 4 is 11.8 Å². The Labute approximate surface area is 140 Å². The van der Waals surface area contributed by atoms with Crippen molar-refractivity contribution in [2.45, 2.75) is 13.8 Å². The van der Waals surface area contributed by atoms with Gasteiger partial charge in [0.2, 0.25) is 0 Å². The van der Waals surface area contributed by atoms with Crippen LogP contribution < -0.4 is 20.3 Å². The van der Waals surface area contributed by atoms with E-state index in [1.807, 2.05) is 32.0 Å². The monoisotopic (exact) mass is 328 g/mol. The second-order valence-electron chi connectivity index (χ2n) is 4.99. The van der Waals surface area contributed by atoms with E-state index in [2.05, 4.69) is 10.9 Å². The van der Waals surface area contributed by atoms with Gasteiger partial charge in [-0.05, 0) is 37.6 Å². The zero-order valence-electron chi connectivity index (χ0n) is 13.7. The predicted molar refractivity (Wildman–Crippen MR) is 89.9 cm³/mol. The SMILES string of the molecule is CCOc1ccccc1OCC(=O)NNC(=O)c1ccccc1C. The van der Waals surface area contributed by atoms with E-state index in [9.17, 15) is 9.59 Å². The van der Waals surface area contributed by atoms with Gasteiger partial charge in [0.15, 0.2) is 18.1 Å². The molecule has 2 amide bonds. The van der Waals surface area contributed by atoms with Gasteiger partial charge >= 0.3 is 0 Å². The number of carbonyl (C=O) groups is 2. The summed E-state index contributed by atoms with van der Waals surface area (Å²) in [7, 11) is 0. The molecule has 6 nitrogen and oxygen atoms in total. The van der Waals surface area contributed by atoms with Gasteiger partial charge in [-0.25, -0.2) is 0 Å². The summed E-state index contributed by atoms with van der Waals surface area (Å²) in [6, 6.07) is 14.2. The lowest BCUT2D eigenvalue weighted by atomic mass is 10.1. The van der Waals surface area contributed by atoms with Crippen molar-refractivity contribution < 1.29 is 19.1 Å². The molecule has 0 atom stereocenters. The minimum atomic E-state index is -0.469. The lowest BCUT2D eigenvalue weighted by molar-refractivity contribution is -0.123. The number of benzene rings is 2. The molecule has 24 heavy (non-hydrogen) atoms. The van der Waals surface area contributed by atoms with Crippen LogP contribution in [0.5, 0.6) is 11.5 Å². The molecule has 2 rings (SSSR count). The molecule has 2 aromatic carbocycles. The first kappa shape index (κ1) is 17.3. The highest BCUT2D eigenvalue weighted by atomic mass is 16.5. The zero-order chi connectivity index (χ0) is 17.4. The quantitative estimate of drug-likeness (QED) is 0.797. The molecule has 0 heterocycles. The molecular weight excluding hydrogens is 308 g/mol. The van der Waals surface area contributed by atoms with Gasteiger partial charge in [0, 0.05) is 5.56 Å². The highest BCUT2D eigenvalue weighted by Crippen LogP contribution is 2.26. The van der Waals surface area contributed by atoms with Crippen molar-refractivity contribution in [1.29, 1.82) is 0 Å². The molecule has 0 aliphatic carbocycles. The minimum Gasteiger partial charge on any atom is -0.490 e. The predicted octanol–water partition coefficient (Wildman–Crippen LogP) is 2.23. The Morgan fingerprint density at radius 1 is 0.917 bits per heavy atom. The first-order valence-electron chi connectivity index (χ1n) is 7.61. The second kappa shape index (κ2) is 8.57. The molecule has 0 fully saturated rings. The van der Waals surface area contributed by atoms with Crippen LogP contribution in [0.15, 0.2) is 48.5 Å². The third-order valence-electron chi connectivity index (χ3n) is 3.21. The number of para-hydroxylation sites is 2. The molecule has 0 unspecified atom stereocenters. The van der Waals surface area contributed by atoms with E-state index in [4.69, 9.17) is 9.47 Å². The van der Waals surface area contributed by atoms with Crippen molar-refractivity contribution in [1.82, 2.24) is 10.9 Å².